The molecule has 10 heavy (non-hydrogen) atoms. The van der Waals surface area contributed by atoms with Gasteiger partial charge in [-0.25, -0.2) is 0 Å². The fourth-order valence-corrected chi connectivity index (χ4v) is 1.99. The van der Waals surface area contributed by atoms with Crippen LogP contribution >= 0.6 is 20.2 Å². The Morgan fingerprint density at radius 1 is 1.70 bits per heavy atom. The Morgan fingerprint density at radius 2 is 2.40 bits per heavy atom. The fourth-order valence-electron chi connectivity index (χ4n) is 0.589. The van der Waals surface area contributed by atoms with Gasteiger partial charge in [0, 0.05) is 0 Å². The summed E-state index contributed by atoms with van der Waals surface area (Å²) in [6.45, 7) is 0. The van der Waals surface area contributed by atoms with Crippen LogP contribution in [0.25, 0.3) is 0 Å². The van der Waals surface area contributed by atoms with Gasteiger partial charge in [-0.15, -0.1) is 0 Å². The third-order valence-corrected chi connectivity index (χ3v) is 3.50. The Labute approximate surface area is 66.8 Å². The van der Waals surface area contributed by atoms with Gasteiger partial charge in [-0.3, -0.25) is 0 Å². The van der Waals surface area contributed by atoms with Crippen molar-refractivity contribution in [2.24, 2.45) is 0 Å². The van der Waals surface area contributed by atoms with Crippen LogP contribution in [0.5, 0.6) is 0 Å². The molecule has 1 heterocycles. The normalized spacial score (nSPS) is 11.2. The van der Waals surface area contributed by atoms with E-state index in [2.05, 4.69) is 0 Å². The van der Waals surface area contributed by atoms with Gasteiger partial charge >= 0.3 is 66.6 Å². The summed E-state index contributed by atoms with van der Waals surface area (Å²) in [5.74, 6) is 0. The molecule has 0 fully saturated rings. The van der Waals surface area contributed by atoms with E-state index in [4.69, 9.17) is 3.44 Å². The number of hydrogen-bond acceptors (Lipinski definition) is 2. The van der Waals surface area contributed by atoms with Crippen molar-refractivity contribution in [2.75, 3.05) is 4.93 Å². The molecule has 1 N–H and O–H groups in total. The zero-order chi connectivity index (χ0) is 7.56. The molecule has 0 bridgehead atoms. The Kier molecular flexibility index (Phi) is 2.44. The number of nitrogens with zero attached hydrogens (tertiary/aromatic N) is 1. The fraction of sp³-hybridized carbons (Fsp3) is 0.167. The first-order valence-electron chi connectivity index (χ1n) is 2.68. The van der Waals surface area contributed by atoms with Crippen LogP contribution in [0.3, 0.4) is 0 Å². The zero-order valence-electron chi connectivity index (χ0n) is 5.49. The van der Waals surface area contributed by atoms with Gasteiger partial charge in [-0.1, -0.05) is 0 Å². The predicted molar refractivity (Wildman–Crippen MR) is 46.3 cm³/mol. The first-order chi connectivity index (χ1) is 4.70. The van der Waals surface area contributed by atoms with Crippen LogP contribution in [-0.4, -0.2) is 8.37 Å². The van der Waals surface area contributed by atoms with Crippen molar-refractivity contribution in [2.45, 2.75) is 0 Å². The number of rotatable bonds is 1. The monoisotopic (exact) mass is 253 g/mol. The van der Waals surface area contributed by atoms with Crippen LogP contribution in [0.4, 0.5) is 0 Å². The topological polar surface area (TPSA) is 47.2 Å². The molecule has 1 rings (SSSR count). The molecule has 0 aliphatic heterocycles. The van der Waals surface area contributed by atoms with E-state index in [1.54, 1.807) is 17.1 Å². The molecule has 0 saturated heterocycles. The molecule has 56 valence electrons. The second-order valence-corrected chi connectivity index (χ2v) is 5.60. The summed E-state index contributed by atoms with van der Waals surface area (Å²) >= 11 is -1.93. The van der Waals surface area contributed by atoms with Gasteiger partial charge in [-0.2, -0.15) is 0 Å². The summed E-state index contributed by atoms with van der Waals surface area (Å²) in [5.41, 5.74) is 0. The van der Waals surface area contributed by atoms with E-state index in [-0.39, 0.29) is 0 Å². The van der Waals surface area contributed by atoms with E-state index in [1.807, 2.05) is 0 Å². The van der Waals surface area contributed by atoms with Gasteiger partial charge in [-0.05, 0) is 0 Å². The van der Waals surface area contributed by atoms with Crippen molar-refractivity contribution < 1.29 is 8.17 Å². The van der Waals surface area contributed by atoms with E-state index >= 15 is 0 Å². The first kappa shape index (κ1) is 7.74. The van der Waals surface area contributed by atoms with E-state index in [0.717, 1.165) is 3.57 Å². The molecule has 0 unspecified atom stereocenters. The summed E-state index contributed by atoms with van der Waals surface area (Å²) in [4.78, 5) is 1.78. The van der Waals surface area contributed by atoms with Crippen molar-refractivity contribution in [1.29, 1.82) is 0 Å². The Balaban J connectivity index is 2.96. The maximum atomic E-state index is 10.6. The first-order valence-corrected chi connectivity index (χ1v) is 6.88. The zero-order valence-corrected chi connectivity index (χ0v) is 7.65. The van der Waals surface area contributed by atoms with Gasteiger partial charge in [0.25, 0.3) is 0 Å². The number of pyridine rings is 1. The van der Waals surface area contributed by atoms with Crippen molar-refractivity contribution in [3.8, 4) is 0 Å². The minimum absolute atomic E-state index is 0.708. The maximum absolute atomic E-state index is 10.6. The summed E-state index contributed by atoms with van der Waals surface area (Å²) in [6, 6.07) is 3.42. The second kappa shape index (κ2) is 3.16. The Morgan fingerprint density at radius 3 is 2.80 bits per heavy atom. The van der Waals surface area contributed by atoms with Crippen LogP contribution < -0.4 is 4.73 Å². The third kappa shape index (κ3) is 1.81. The molecule has 0 amide bonds. The predicted octanol–water partition coefficient (Wildman–Crippen LogP) is 0.533. The Bertz CT molecular complexity index is 227. The molecule has 1 aromatic rings. The van der Waals surface area contributed by atoms with Crippen molar-refractivity contribution in [1.82, 2.24) is 0 Å². The van der Waals surface area contributed by atoms with Crippen molar-refractivity contribution in [3.63, 3.8) is 0 Å². The number of aromatic nitrogens is 1. The molecule has 4 heteroatoms. The van der Waals surface area contributed by atoms with Gasteiger partial charge in [0.15, 0.2) is 0 Å². The van der Waals surface area contributed by atoms with Gasteiger partial charge in [0.2, 0.25) is 0 Å². The molecule has 0 radical (unpaired) electrons. The molecular weight excluding hydrogens is 245 g/mol. The summed E-state index contributed by atoms with van der Waals surface area (Å²) < 4.78 is 10.7. The van der Waals surface area contributed by atoms with E-state index < -0.39 is 20.2 Å². The van der Waals surface area contributed by atoms with Crippen LogP contribution in [-0.2, 0) is 0 Å². The molecular formula is C6H8INO2. The van der Waals surface area contributed by atoms with Crippen molar-refractivity contribution >= 4 is 20.2 Å². The Hall–Kier alpha value is -0.360. The van der Waals surface area contributed by atoms with Gasteiger partial charge in [0.1, 0.15) is 0 Å². The van der Waals surface area contributed by atoms with Crippen LogP contribution in [0, 0.1) is 8.78 Å². The SMILES string of the molecule is CI(O)c1ccc[n+]([O-])c1. The average Bonchev–Trinajstić information content (AvgIpc) is 1.88. The number of hydrogen-bond donors (Lipinski definition) is 1. The standard InChI is InChI=1S/C6H8INO2/c1-7(9)6-3-2-4-8(10)5-6/h2-5,9H,1H3. The van der Waals surface area contributed by atoms with E-state index in [0.29, 0.717) is 4.73 Å². The molecule has 0 aromatic carbocycles. The van der Waals surface area contributed by atoms with E-state index in [1.165, 1.54) is 12.4 Å². The molecule has 0 atom stereocenters. The second-order valence-electron chi connectivity index (χ2n) is 1.82. The summed E-state index contributed by atoms with van der Waals surface area (Å²) in [6.07, 6.45) is 2.83. The van der Waals surface area contributed by atoms with Crippen LogP contribution in [0.15, 0.2) is 24.5 Å². The molecule has 3 nitrogen and oxygen atoms in total. The van der Waals surface area contributed by atoms with E-state index in [9.17, 15) is 5.21 Å². The summed E-state index contributed by atoms with van der Waals surface area (Å²) in [5, 5.41) is 10.6. The molecule has 1 aromatic heterocycles. The average molecular weight is 253 g/mol. The molecule has 0 spiro atoms. The van der Waals surface area contributed by atoms with Gasteiger partial charge < -0.3 is 0 Å². The minimum atomic E-state index is -1.93. The van der Waals surface area contributed by atoms with Gasteiger partial charge in [0.05, 0.1) is 0 Å². The number of halogens is 1. The molecule has 0 saturated carbocycles. The quantitative estimate of drug-likeness (QED) is 0.343. The van der Waals surface area contributed by atoms with Crippen molar-refractivity contribution in [3.05, 3.63) is 33.3 Å². The third-order valence-electron chi connectivity index (χ3n) is 1.05. The number of alkyl halides is 1. The molecule has 0 aliphatic rings. The van der Waals surface area contributed by atoms with Crippen LogP contribution in [0.1, 0.15) is 0 Å². The molecule has 0 aliphatic carbocycles. The van der Waals surface area contributed by atoms with Crippen LogP contribution in [0.2, 0.25) is 0 Å². The summed E-state index contributed by atoms with van der Waals surface area (Å²) in [7, 11) is 0.